The molecule has 6 heteroatoms. The second kappa shape index (κ2) is 4.68. The first-order chi connectivity index (χ1) is 8.08. The van der Waals surface area contributed by atoms with Gasteiger partial charge in [0.05, 0.1) is 11.1 Å². The number of hydrogen-bond acceptors (Lipinski definition) is 3. The van der Waals surface area contributed by atoms with Gasteiger partial charge in [0.1, 0.15) is 0 Å². The van der Waals surface area contributed by atoms with E-state index < -0.39 is 10.0 Å². The lowest BCUT2D eigenvalue weighted by Gasteiger charge is -2.04. The largest absolute Gasteiger partial charge is 0.275 e. The number of sulfonamides is 1. The highest BCUT2D eigenvalue weighted by Crippen LogP contribution is 2.08. The van der Waals surface area contributed by atoms with Gasteiger partial charge in [-0.3, -0.25) is 4.68 Å². The Balaban J connectivity index is 2.09. The van der Waals surface area contributed by atoms with Gasteiger partial charge >= 0.3 is 0 Å². The Labute approximate surface area is 100 Å². The molecule has 0 unspecified atom stereocenters. The monoisotopic (exact) mass is 251 g/mol. The summed E-state index contributed by atoms with van der Waals surface area (Å²) in [5, 5.41) is 3.97. The van der Waals surface area contributed by atoms with Crippen LogP contribution in [-0.2, 0) is 23.6 Å². The van der Waals surface area contributed by atoms with Gasteiger partial charge in [-0.2, -0.15) is 5.10 Å². The first kappa shape index (κ1) is 11.8. The molecule has 1 aromatic carbocycles. The summed E-state index contributed by atoms with van der Waals surface area (Å²) < 4.78 is 27.9. The van der Waals surface area contributed by atoms with Crippen molar-refractivity contribution in [3.05, 3.63) is 48.3 Å². The molecule has 0 aliphatic carbocycles. The summed E-state index contributed by atoms with van der Waals surface area (Å²) in [4.78, 5) is 0.267. The summed E-state index contributed by atoms with van der Waals surface area (Å²) in [6, 6.07) is 8.29. The fraction of sp³-hybridized carbons (Fsp3) is 0.182. The summed E-state index contributed by atoms with van der Waals surface area (Å²) in [5.74, 6) is 0. The van der Waals surface area contributed by atoms with Gasteiger partial charge in [-0.1, -0.05) is 18.2 Å². The normalized spacial score (nSPS) is 11.6. The zero-order valence-corrected chi connectivity index (χ0v) is 10.2. The Kier molecular flexibility index (Phi) is 3.26. The van der Waals surface area contributed by atoms with Gasteiger partial charge in [-0.25, -0.2) is 13.1 Å². The van der Waals surface area contributed by atoms with Crippen molar-refractivity contribution < 1.29 is 8.42 Å². The van der Waals surface area contributed by atoms with Gasteiger partial charge in [0.2, 0.25) is 10.0 Å². The van der Waals surface area contributed by atoms with E-state index in [2.05, 4.69) is 9.82 Å². The standard InChI is InChI=1S/C11H13N3O2S/c1-14-9-10(7-12-14)8-13-17(15,16)11-5-3-2-4-6-11/h2-7,9,13H,8H2,1H3. The van der Waals surface area contributed by atoms with Crippen LogP contribution in [0.3, 0.4) is 0 Å². The molecule has 0 bridgehead atoms. The summed E-state index contributed by atoms with van der Waals surface area (Å²) in [7, 11) is -1.65. The summed E-state index contributed by atoms with van der Waals surface area (Å²) >= 11 is 0. The van der Waals surface area contributed by atoms with Crippen LogP contribution >= 0.6 is 0 Å². The molecule has 0 aliphatic rings. The Morgan fingerprint density at radius 2 is 2.00 bits per heavy atom. The van der Waals surface area contributed by atoms with Gasteiger partial charge in [0, 0.05) is 25.4 Å². The number of rotatable bonds is 4. The fourth-order valence-electron chi connectivity index (χ4n) is 1.42. The van der Waals surface area contributed by atoms with Gasteiger partial charge < -0.3 is 0 Å². The van der Waals surface area contributed by atoms with E-state index in [1.807, 2.05) is 0 Å². The van der Waals surface area contributed by atoms with E-state index in [0.29, 0.717) is 0 Å². The average molecular weight is 251 g/mol. The first-order valence-corrected chi connectivity index (χ1v) is 6.58. The van der Waals surface area contributed by atoms with Crippen molar-refractivity contribution in [3.63, 3.8) is 0 Å². The van der Waals surface area contributed by atoms with Crippen molar-refractivity contribution in [2.24, 2.45) is 7.05 Å². The molecule has 0 saturated heterocycles. The lowest BCUT2D eigenvalue weighted by atomic mass is 10.4. The molecule has 0 atom stereocenters. The Morgan fingerprint density at radius 3 is 2.59 bits per heavy atom. The molecule has 90 valence electrons. The van der Waals surface area contributed by atoms with Gasteiger partial charge in [-0.15, -0.1) is 0 Å². The lowest BCUT2D eigenvalue weighted by molar-refractivity contribution is 0.581. The molecule has 0 aliphatic heterocycles. The minimum Gasteiger partial charge on any atom is -0.275 e. The maximum Gasteiger partial charge on any atom is 0.240 e. The molecule has 5 nitrogen and oxygen atoms in total. The number of hydrogen-bond donors (Lipinski definition) is 1. The lowest BCUT2D eigenvalue weighted by Crippen LogP contribution is -2.22. The van der Waals surface area contributed by atoms with Crippen LogP contribution in [0.15, 0.2) is 47.6 Å². The molecule has 0 fully saturated rings. The van der Waals surface area contributed by atoms with E-state index in [1.165, 1.54) is 0 Å². The fourth-order valence-corrected chi connectivity index (χ4v) is 2.46. The van der Waals surface area contributed by atoms with Crippen LogP contribution in [0.5, 0.6) is 0 Å². The molecule has 2 aromatic rings. The van der Waals surface area contributed by atoms with Crippen LogP contribution < -0.4 is 4.72 Å². The van der Waals surface area contributed by atoms with Crippen molar-refractivity contribution in [1.82, 2.24) is 14.5 Å². The summed E-state index contributed by atoms with van der Waals surface area (Å²) in [5.41, 5.74) is 0.826. The summed E-state index contributed by atoms with van der Waals surface area (Å²) in [6.07, 6.45) is 3.40. The highest BCUT2D eigenvalue weighted by atomic mass is 32.2. The second-order valence-electron chi connectivity index (χ2n) is 3.66. The van der Waals surface area contributed by atoms with E-state index in [-0.39, 0.29) is 11.4 Å². The second-order valence-corrected chi connectivity index (χ2v) is 5.43. The van der Waals surface area contributed by atoms with Crippen LogP contribution in [0, 0.1) is 0 Å². The van der Waals surface area contributed by atoms with Crippen molar-refractivity contribution in [1.29, 1.82) is 0 Å². The highest BCUT2D eigenvalue weighted by molar-refractivity contribution is 7.89. The molecule has 0 radical (unpaired) electrons. The maximum absolute atomic E-state index is 11.9. The third-order valence-corrected chi connectivity index (χ3v) is 3.70. The van der Waals surface area contributed by atoms with Crippen molar-refractivity contribution in [3.8, 4) is 0 Å². The quantitative estimate of drug-likeness (QED) is 0.878. The number of nitrogens with one attached hydrogen (secondary N) is 1. The third kappa shape index (κ3) is 2.92. The minimum absolute atomic E-state index is 0.241. The molecule has 1 heterocycles. The number of benzene rings is 1. The van der Waals surface area contributed by atoms with Gasteiger partial charge in [0.25, 0.3) is 0 Å². The van der Waals surface area contributed by atoms with E-state index in [9.17, 15) is 8.42 Å². The Bertz CT molecular complexity index is 590. The molecule has 0 spiro atoms. The van der Waals surface area contributed by atoms with E-state index in [0.717, 1.165) is 5.56 Å². The Morgan fingerprint density at radius 1 is 1.29 bits per heavy atom. The van der Waals surface area contributed by atoms with Gasteiger partial charge in [0.15, 0.2) is 0 Å². The number of nitrogens with zero attached hydrogens (tertiary/aromatic N) is 2. The first-order valence-electron chi connectivity index (χ1n) is 5.10. The minimum atomic E-state index is -3.44. The van der Waals surface area contributed by atoms with Crippen LogP contribution in [0.4, 0.5) is 0 Å². The third-order valence-electron chi connectivity index (χ3n) is 2.28. The maximum atomic E-state index is 11.9. The topological polar surface area (TPSA) is 64.0 Å². The molecule has 1 aromatic heterocycles. The number of aryl methyl sites for hydroxylation is 1. The predicted molar refractivity (Wildman–Crippen MR) is 63.7 cm³/mol. The van der Waals surface area contributed by atoms with Crippen molar-refractivity contribution in [2.75, 3.05) is 0 Å². The molecule has 17 heavy (non-hydrogen) atoms. The smallest absolute Gasteiger partial charge is 0.240 e. The molecule has 1 N–H and O–H groups in total. The van der Waals surface area contributed by atoms with E-state index >= 15 is 0 Å². The zero-order chi connectivity index (χ0) is 12.3. The average Bonchev–Trinajstić information content (AvgIpc) is 2.74. The van der Waals surface area contributed by atoms with Gasteiger partial charge in [-0.05, 0) is 12.1 Å². The number of aromatic nitrogens is 2. The Hall–Kier alpha value is -1.66. The van der Waals surface area contributed by atoms with Crippen LogP contribution in [-0.4, -0.2) is 18.2 Å². The molecular formula is C11H13N3O2S. The highest BCUT2D eigenvalue weighted by Gasteiger charge is 2.12. The van der Waals surface area contributed by atoms with Crippen LogP contribution in [0.2, 0.25) is 0 Å². The zero-order valence-electron chi connectivity index (χ0n) is 9.37. The molecule has 0 amide bonds. The summed E-state index contributed by atoms with van der Waals surface area (Å²) in [6.45, 7) is 0.241. The molecular weight excluding hydrogens is 238 g/mol. The van der Waals surface area contributed by atoms with E-state index in [1.54, 1.807) is 54.5 Å². The SMILES string of the molecule is Cn1cc(CNS(=O)(=O)c2ccccc2)cn1. The molecule has 2 rings (SSSR count). The van der Waals surface area contributed by atoms with E-state index in [4.69, 9.17) is 0 Å². The van der Waals surface area contributed by atoms with Crippen LogP contribution in [0.1, 0.15) is 5.56 Å². The van der Waals surface area contributed by atoms with Crippen LogP contribution in [0.25, 0.3) is 0 Å². The van der Waals surface area contributed by atoms with Crippen molar-refractivity contribution >= 4 is 10.0 Å². The van der Waals surface area contributed by atoms with Crippen molar-refractivity contribution in [2.45, 2.75) is 11.4 Å². The predicted octanol–water partition coefficient (Wildman–Crippen LogP) is 0.899. The molecule has 0 saturated carbocycles.